The van der Waals surface area contributed by atoms with Gasteiger partial charge in [0.15, 0.2) is 0 Å². The average Bonchev–Trinajstić information content (AvgIpc) is 3.83. The van der Waals surface area contributed by atoms with Crippen molar-refractivity contribution in [2.24, 2.45) is 0 Å². The number of H-pyrrole nitrogens is 4. The molecule has 33 heteroatoms. The van der Waals surface area contributed by atoms with Gasteiger partial charge in [-0.15, -0.1) is 20.5 Å². The monoisotopic (exact) mass is 897 g/mol. The SMILES string of the molecule is Cc1cc(=O)n2[nH]cnc2n1.Cc1cc(=O)n2[nH]cnc2n1.Cc1cc(=O)n2[nH]cnc2n1.Cc1cc(=O)n2[nH]cnc2n1.O.O.[Cu+2].[O-][Cl+3]([O-])([O-])[O-].[O-][Cl+3]([O-])([O-])[O-]. The Hall–Kier alpha value is -5.90. The van der Waals surface area contributed by atoms with Crippen molar-refractivity contribution in [2.45, 2.75) is 27.7 Å². The third-order valence-corrected chi connectivity index (χ3v) is 5.58. The molecule has 57 heavy (non-hydrogen) atoms. The van der Waals surface area contributed by atoms with Gasteiger partial charge in [-0.1, -0.05) is 0 Å². The molecule has 8 heterocycles. The fourth-order valence-corrected chi connectivity index (χ4v) is 3.74. The Morgan fingerprint density at radius 3 is 0.737 bits per heavy atom. The van der Waals surface area contributed by atoms with E-state index in [0.29, 0.717) is 45.9 Å². The Labute approximate surface area is 328 Å². The standard InChI is InChI=1S/4C6H6N4O.2ClHO4.Cu.2H2O/c4*1-4-2-5(11)10-6(9-4)7-3-8-10;2*2-1(3,4)5;;;/h4*2-3H,1H3,(H,7,8,9);2*(H,2,3,4,5);;2*1H2/q;;;;;;+2;;/p-2. The number of rotatable bonds is 0. The van der Waals surface area contributed by atoms with E-state index in [1.807, 2.05) is 0 Å². The number of fused-ring (bicyclic) bond motifs is 4. The van der Waals surface area contributed by atoms with Crippen LogP contribution in [0.1, 0.15) is 22.8 Å². The molecule has 0 aliphatic carbocycles. The molecule has 0 unspecified atom stereocenters. The minimum Gasteiger partial charge on any atom is -0.412 e. The number of hydrogen-bond donors (Lipinski definition) is 4. The summed E-state index contributed by atoms with van der Waals surface area (Å²) in [6.07, 6.45) is 5.73. The molecule has 0 aliphatic rings. The van der Waals surface area contributed by atoms with Gasteiger partial charge in [-0.3, -0.25) is 39.6 Å². The number of nitrogens with zero attached hydrogens (tertiary/aromatic N) is 12. The van der Waals surface area contributed by atoms with Crippen LogP contribution in [0.3, 0.4) is 0 Å². The molecule has 0 amide bonds. The molecule has 0 saturated heterocycles. The number of aromatic nitrogens is 16. The summed E-state index contributed by atoms with van der Waals surface area (Å²) >= 11 is 0. The predicted molar refractivity (Wildman–Crippen MR) is 161 cm³/mol. The summed E-state index contributed by atoms with van der Waals surface area (Å²) in [5, 5.41) is 10.6. The maximum atomic E-state index is 11.1. The van der Waals surface area contributed by atoms with Crippen molar-refractivity contribution in [1.29, 1.82) is 0 Å². The summed E-state index contributed by atoms with van der Waals surface area (Å²) in [4.78, 5) is 75.9. The van der Waals surface area contributed by atoms with E-state index in [1.54, 1.807) is 27.7 Å². The number of aromatic amines is 4. The molecule has 0 saturated carbocycles. The van der Waals surface area contributed by atoms with Crippen molar-refractivity contribution in [1.82, 2.24) is 78.3 Å². The van der Waals surface area contributed by atoms with Crippen molar-refractivity contribution in [3.63, 3.8) is 0 Å². The molecule has 0 bridgehead atoms. The van der Waals surface area contributed by atoms with Gasteiger partial charge in [0, 0.05) is 47.0 Å². The van der Waals surface area contributed by atoms with Gasteiger partial charge >= 0.3 is 17.1 Å². The molecule has 313 valence electrons. The first-order chi connectivity index (χ1) is 25.1. The van der Waals surface area contributed by atoms with Crippen LogP contribution >= 0.6 is 0 Å². The van der Waals surface area contributed by atoms with Crippen molar-refractivity contribution < 1.29 is 85.8 Å². The predicted octanol–water partition coefficient (Wildman–Crippen LogP) is -12.3. The first-order valence-corrected chi connectivity index (χ1v) is 16.4. The van der Waals surface area contributed by atoms with E-state index in [1.165, 1.54) is 67.6 Å². The molecule has 8 aromatic rings. The van der Waals surface area contributed by atoms with E-state index >= 15 is 0 Å². The van der Waals surface area contributed by atoms with Gasteiger partial charge in [-0.2, -0.15) is 18.1 Å². The molecule has 8 aromatic heterocycles. The van der Waals surface area contributed by atoms with Crippen LogP contribution in [-0.2, 0) is 17.1 Å². The maximum absolute atomic E-state index is 11.1. The summed E-state index contributed by atoms with van der Waals surface area (Å²) in [5.74, 6) is 1.65. The first-order valence-electron chi connectivity index (χ1n) is 13.9. The van der Waals surface area contributed by atoms with Crippen molar-refractivity contribution in [3.05, 3.63) is 114 Å². The second-order valence-corrected chi connectivity index (χ2v) is 11.3. The Morgan fingerprint density at radius 1 is 0.421 bits per heavy atom. The molecule has 8 rings (SSSR count). The molecular weight excluding hydrogens is 871 g/mol. The van der Waals surface area contributed by atoms with Crippen molar-refractivity contribution in [3.8, 4) is 0 Å². The minimum absolute atomic E-state index is 0. The van der Waals surface area contributed by atoms with E-state index in [9.17, 15) is 19.2 Å². The molecule has 1 radical (unpaired) electrons. The Bertz CT molecular complexity index is 2320. The van der Waals surface area contributed by atoms with E-state index in [2.05, 4.69) is 60.3 Å². The second kappa shape index (κ2) is 22.0. The molecule has 8 N–H and O–H groups in total. The largest absolute Gasteiger partial charge is 2.00 e. The van der Waals surface area contributed by atoms with Gasteiger partial charge in [0.25, 0.3) is 45.3 Å². The quantitative estimate of drug-likeness (QED) is 0.103. The van der Waals surface area contributed by atoms with Crippen molar-refractivity contribution in [2.75, 3.05) is 0 Å². The smallest absolute Gasteiger partial charge is 0.412 e. The first kappa shape index (κ1) is 51.1. The van der Waals surface area contributed by atoms with Crippen LogP contribution < -0.4 is 59.5 Å². The summed E-state index contributed by atoms with van der Waals surface area (Å²) < 4.78 is 73.1. The van der Waals surface area contributed by atoms with Crippen LogP contribution in [0.4, 0.5) is 0 Å². The van der Waals surface area contributed by atoms with Crippen LogP contribution in [-0.4, -0.2) is 89.3 Å². The maximum Gasteiger partial charge on any atom is 2.00 e. The summed E-state index contributed by atoms with van der Waals surface area (Å²) in [6, 6.07) is 5.80. The summed E-state index contributed by atoms with van der Waals surface area (Å²) in [5.41, 5.74) is 2.19. The normalized spacial score (nSPS) is 10.3. The van der Waals surface area contributed by atoms with Gasteiger partial charge in [0.2, 0.25) is 0 Å². The van der Waals surface area contributed by atoms with Crippen LogP contribution in [0.5, 0.6) is 0 Å². The Kier molecular flexibility index (Phi) is 19.7. The number of hydrogen-bond acceptors (Lipinski definition) is 20. The number of nitrogens with one attached hydrogen (secondary N) is 4. The Morgan fingerprint density at radius 2 is 0.579 bits per heavy atom. The number of aryl methyl sites for hydroxylation is 4. The summed E-state index contributed by atoms with van der Waals surface area (Å²) in [7, 11) is -9.89. The van der Waals surface area contributed by atoms with Gasteiger partial charge in [-0.25, -0.2) is 77.1 Å². The molecule has 0 fully saturated rings. The van der Waals surface area contributed by atoms with Gasteiger partial charge in [-0.05, 0) is 27.7 Å². The average molecular weight is 899 g/mol. The van der Waals surface area contributed by atoms with E-state index in [4.69, 9.17) is 37.3 Å². The molecule has 30 nitrogen and oxygen atoms in total. The zero-order chi connectivity index (χ0) is 40.4. The van der Waals surface area contributed by atoms with Crippen molar-refractivity contribution >= 4 is 23.1 Å². The molecule has 0 spiro atoms. The minimum atomic E-state index is -4.94. The molecule has 0 aliphatic heterocycles. The van der Waals surface area contributed by atoms with E-state index in [-0.39, 0.29) is 50.3 Å². The zero-order valence-electron chi connectivity index (χ0n) is 28.9. The molecule has 0 aromatic carbocycles. The Balaban J connectivity index is 0.000000671. The van der Waals surface area contributed by atoms with Gasteiger partial charge in [0.1, 0.15) is 25.3 Å². The van der Waals surface area contributed by atoms with E-state index in [0.717, 1.165) is 0 Å². The third-order valence-electron chi connectivity index (χ3n) is 5.58. The van der Waals surface area contributed by atoms with Crippen LogP contribution in [0.2, 0.25) is 0 Å². The van der Waals surface area contributed by atoms with Gasteiger partial charge < -0.3 is 11.0 Å². The summed E-state index contributed by atoms with van der Waals surface area (Å²) in [6.45, 7) is 7.04. The van der Waals surface area contributed by atoms with E-state index < -0.39 is 20.5 Å². The second-order valence-electron chi connectivity index (χ2n) is 9.79. The zero-order valence-corrected chi connectivity index (χ0v) is 31.4. The number of halogens is 2. The molecular formula is C24H28Cl2CuN16O14. The third kappa shape index (κ3) is 17.2. The van der Waals surface area contributed by atoms with Gasteiger partial charge in [0.05, 0.1) is 0 Å². The topological polar surface area (TPSA) is 500 Å². The van der Waals surface area contributed by atoms with Crippen LogP contribution in [0.15, 0.2) is 68.8 Å². The fraction of sp³-hybridized carbons (Fsp3) is 0.167. The fourth-order valence-electron chi connectivity index (χ4n) is 3.74. The van der Waals surface area contributed by atoms with Crippen LogP contribution in [0.25, 0.3) is 23.1 Å². The van der Waals surface area contributed by atoms with Crippen LogP contribution in [0, 0.1) is 48.2 Å². The molecule has 0 atom stereocenters.